The number of carbonyl (C=O) groups is 1. The van der Waals surface area contributed by atoms with Crippen LogP contribution in [0.25, 0.3) is 10.1 Å². The highest BCUT2D eigenvalue weighted by atomic mass is 32.1. The monoisotopic (exact) mass is 325 g/mol. The third-order valence-electron chi connectivity index (χ3n) is 4.18. The van der Waals surface area contributed by atoms with Crippen molar-refractivity contribution in [1.29, 1.82) is 0 Å². The summed E-state index contributed by atoms with van der Waals surface area (Å²) in [6.45, 7) is 4.43. The Labute approximate surface area is 136 Å². The number of carbonyl (C=O) groups excluding carboxylic acids is 1. The molecule has 2 aromatic heterocycles. The summed E-state index contributed by atoms with van der Waals surface area (Å²) in [5, 5.41) is 0.981. The molecule has 0 aliphatic carbocycles. The maximum atomic E-state index is 13.0. The number of H-pyrrole nitrogens is 1. The lowest BCUT2D eigenvalue weighted by Gasteiger charge is -2.15. The number of aromatic amines is 1. The predicted octanol–water partition coefficient (Wildman–Crippen LogP) is 2.76. The number of nitrogens with one attached hydrogen (secondary N) is 1. The first-order valence-corrected chi connectivity index (χ1v) is 8.22. The molecule has 0 bridgehead atoms. The number of amides is 1. The van der Waals surface area contributed by atoms with Crippen LogP contribution in [-0.4, -0.2) is 20.8 Å². The molecule has 3 heterocycles. The largest absolute Gasteiger partial charge is 0.328 e. The van der Waals surface area contributed by atoms with Gasteiger partial charge in [0, 0.05) is 15.0 Å². The summed E-state index contributed by atoms with van der Waals surface area (Å²) in [5.74, 6) is 0.551. The Morgan fingerprint density at radius 1 is 1.26 bits per heavy atom. The minimum absolute atomic E-state index is 0.0324. The molecule has 0 atom stereocenters. The van der Waals surface area contributed by atoms with Gasteiger partial charge in [0.1, 0.15) is 5.82 Å². The Kier molecular flexibility index (Phi) is 3.09. The fourth-order valence-electron chi connectivity index (χ4n) is 3.13. The third-order valence-corrected chi connectivity index (χ3v) is 5.27. The average molecular weight is 325 g/mol. The van der Waals surface area contributed by atoms with Gasteiger partial charge < -0.3 is 9.88 Å². The molecule has 5 nitrogen and oxygen atoms in total. The van der Waals surface area contributed by atoms with Gasteiger partial charge in [-0.3, -0.25) is 9.59 Å². The maximum absolute atomic E-state index is 13.0. The fourth-order valence-corrected chi connectivity index (χ4v) is 4.18. The zero-order valence-electron chi connectivity index (χ0n) is 12.8. The molecule has 116 valence electrons. The van der Waals surface area contributed by atoms with Crippen LogP contribution in [0.15, 0.2) is 29.1 Å². The summed E-state index contributed by atoms with van der Waals surface area (Å²) in [6.07, 6.45) is 0. The van der Waals surface area contributed by atoms with E-state index in [1.54, 1.807) is 23.2 Å². The molecule has 1 aliphatic rings. The van der Waals surface area contributed by atoms with Crippen LogP contribution in [0.4, 0.5) is 0 Å². The molecule has 23 heavy (non-hydrogen) atoms. The van der Waals surface area contributed by atoms with Crippen molar-refractivity contribution in [3.05, 3.63) is 62.1 Å². The molecule has 0 saturated heterocycles. The molecule has 6 heteroatoms. The molecular weight excluding hydrogens is 310 g/mol. The van der Waals surface area contributed by atoms with Crippen molar-refractivity contribution in [2.75, 3.05) is 0 Å². The summed E-state index contributed by atoms with van der Waals surface area (Å²) in [4.78, 5) is 34.8. The average Bonchev–Trinajstić information content (AvgIpc) is 3.06. The van der Waals surface area contributed by atoms with Gasteiger partial charge in [-0.25, -0.2) is 4.98 Å². The van der Waals surface area contributed by atoms with Crippen LogP contribution in [0.1, 0.15) is 32.3 Å². The number of nitrogens with zero attached hydrogens (tertiary/aromatic N) is 2. The van der Waals surface area contributed by atoms with Crippen molar-refractivity contribution in [2.45, 2.75) is 26.9 Å². The van der Waals surface area contributed by atoms with Gasteiger partial charge in [0.2, 0.25) is 0 Å². The summed E-state index contributed by atoms with van der Waals surface area (Å²) in [7, 11) is 0. The van der Waals surface area contributed by atoms with E-state index in [-0.39, 0.29) is 11.5 Å². The SMILES string of the molecule is Cc1nc2c(c(=O)[nH]1)CN(C(=O)c1c(C)sc3ccccc13)C2. The molecule has 3 aromatic rings. The maximum Gasteiger partial charge on any atom is 0.256 e. The number of benzene rings is 1. The van der Waals surface area contributed by atoms with Crippen molar-refractivity contribution in [3.63, 3.8) is 0 Å². The molecule has 1 aromatic carbocycles. The molecule has 1 aliphatic heterocycles. The minimum atomic E-state index is -0.144. The van der Waals surface area contributed by atoms with E-state index >= 15 is 0 Å². The summed E-state index contributed by atoms with van der Waals surface area (Å²) in [5.41, 5.74) is 1.90. The van der Waals surface area contributed by atoms with E-state index in [2.05, 4.69) is 9.97 Å². The van der Waals surface area contributed by atoms with Crippen LogP contribution in [0, 0.1) is 13.8 Å². The molecular formula is C17H15N3O2S. The summed E-state index contributed by atoms with van der Waals surface area (Å²) in [6, 6.07) is 7.92. The minimum Gasteiger partial charge on any atom is -0.328 e. The van der Waals surface area contributed by atoms with Crippen molar-refractivity contribution in [3.8, 4) is 0 Å². The smallest absolute Gasteiger partial charge is 0.256 e. The highest BCUT2D eigenvalue weighted by molar-refractivity contribution is 7.19. The van der Waals surface area contributed by atoms with E-state index in [0.717, 1.165) is 20.5 Å². The van der Waals surface area contributed by atoms with E-state index in [1.807, 2.05) is 31.2 Å². The van der Waals surface area contributed by atoms with Crippen LogP contribution in [0.2, 0.25) is 0 Å². The Morgan fingerprint density at radius 2 is 2.04 bits per heavy atom. The van der Waals surface area contributed by atoms with E-state index in [9.17, 15) is 9.59 Å². The van der Waals surface area contributed by atoms with E-state index in [4.69, 9.17) is 0 Å². The molecule has 0 radical (unpaired) electrons. The van der Waals surface area contributed by atoms with Crippen LogP contribution < -0.4 is 5.56 Å². The molecule has 0 saturated carbocycles. The van der Waals surface area contributed by atoms with Gasteiger partial charge in [0.25, 0.3) is 11.5 Å². The Hall–Kier alpha value is -2.47. The van der Waals surface area contributed by atoms with Gasteiger partial charge in [0.15, 0.2) is 0 Å². The number of thiophene rings is 1. The standard InChI is InChI=1S/C17H15N3O2S/c1-9-15(11-5-3-4-6-14(11)23-9)17(22)20-7-12-13(8-20)18-10(2)19-16(12)21/h3-6H,7-8H2,1-2H3,(H,18,19,21). The lowest BCUT2D eigenvalue weighted by molar-refractivity contribution is 0.0752. The number of fused-ring (bicyclic) bond motifs is 2. The van der Waals surface area contributed by atoms with Crippen molar-refractivity contribution in [2.24, 2.45) is 0 Å². The quantitative estimate of drug-likeness (QED) is 0.748. The second kappa shape index (κ2) is 5.03. The Balaban J connectivity index is 1.75. The highest BCUT2D eigenvalue weighted by Crippen LogP contribution is 2.33. The lowest BCUT2D eigenvalue weighted by Crippen LogP contribution is -2.26. The van der Waals surface area contributed by atoms with Gasteiger partial charge in [-0.05, 0) is 19.9 Å². The van der Waals surface area contributed by atoms with Crippen LogP contribution in [0.5, 0.6) is 0 Å². The van der Waals surface area contributed by atoms with E-state index < -0.39 is 0 Å². The molecule has 0 unspecified atom stereocenters. The van der Waals surface area contributed by atoms with E-state index in [0.29, 0.717) is 30.2 Å². The van der Waals surface area contributed by atoms with Crippen molar-refractivity contribution >= 4 is 27.3 Å². The van der Waals surface area contributed by atoms with Crippen LogP contribution in [-0.2, 0) is 13.1 Å². The fraction of sp³-hybridized carbons (Fsp3) is 0.235. The molecule has 4 rings (SSSR count). The van der Waals surface area contributed by atoms with Gasteiger partial charge in [-0.1, -0.05) is 18.2 Å². The third kappa shape index (κ3) is 2.17. The normalized spacial score (nSPS) is 13.6. The number of aryl methyl sites for hydroxylation is 2. The number of aromatic nitrogens is 2. The first-order chi connectivity index (χ1) is 11.0. The number of hydrogen-bond acceptors (Lipinski definition) is 4. The zero-order valence-corrected chi connectivity index (χ0v) is 13.7. The first kappa shape index (κ1) is 14.1. The molecule has 0 fully saturated rings. The molecule has 0 spiro atoms. The van der Waals surface area contributed by atoms with Gasteiger partial charge >= 0.3 is 0 Å². The van der Waals surface area contributed by atoms with Crippen LogP contribution >= 0.6 is 11.3 Å². The first-order valence-electron chi connectivity index (χ1n) is 7.40. The second-order valence-corrected chi connectivity index (χ2v) is 7.02. The highest BCUT2D eigenvalue weighted by Gasteiger charge is 2.30. The van der Waals surface area contributed by atoms with Gasteiger partial charge in [-0.2, -0.15) is 0 Å². The summed E-state index contributed by atoms with van der Waals surface area (Å²) >= 11 is 1.62. The van der Waals surface area contributed by atoms with Crippen LogP contribution in [0.3, 0.4) is 0 Å². The van der Waals surface area contributed by atoms with E-state index in [1.165, 1.54) is 0 Å². The summed E-state index contributed by atoms with van der Waals surface area (Å²) < 4.78 is 1.11. The topological polar surface area (TPSA) is 66.1 Å². The van der Waals surface area contributed by atoms with Crippen molar-refractivity contribution < 1.29 is 4.79 Å². The molecule has 1 N–H and O–H groups in total. The molecule has 1 amide bonds. The van der Waals surface area contributed by atoms with Crippen molar-refractivity contribution in [1.82, 2.24) is 14.9 Å². The van der Waals surface area contributed by atoms with Gasteiger partial charge in [-0.15, -0.1) is 11.3 Å². The predicted molar refractivity (Wildman–Crippen MR) is 89.7 cm³/mol. The van der Waals surface area contributed by atoms with Gasteiger partial charge in [0.05, 0.1) is 29.9 Å². The zero-order chi connectivity index (χ0) is 16.1. The Bertz CT molecular complexity index is 1000. The Morgan fingerprint density at radius 3 is 2.87 bits per heavy atom. The second-order valence-electron chi connectivity index (χ2n) is 5.77. The number of rotatable bonds is 1. The number of hydrogen-bond donors (Lipinski definition) is 1. The lowest BCUT2D eigenvalue weighted by atomic mass is 10.1.